The Labute approximate surface area is 110 Å². The van der Waals surface area contributed by atoms with Crippen LogP contribution in [0.25, 0.3) is 0 Å². The largest absolute Gasteiger partial charge is 0.351 e. The molecule has 0 saturated carbocycles. The van der Waals surface area contributed by atoms with Gasteiger partial charge in [-0.1, -0.05) is 6.07 Å². The quantitative estimate of drug-likeness (QED) is 0.613. The third-order valence-electron chi connectivity index (χ3n) is 1.38. The van der Waals surface area contributed by atoms with E-state index in [1.54, 1.807) is 49.8 Å². The summed E-state index contributed by atoms with van der Waals surface area (Å²) in [6.07, 6.45) is 13.7. The molecule has 17 heavy (non-hydrogen) atoms. The molecule has 3 rings (SSSR count). The molecule has 0 aliphatic heterocycles. The van der Waals surface area contributed by atoms with Crippen LogP contribution in [-0.2, 0) is 17.1 Å². The van der Waals surface area contributed by atoms with Gasteiger partial charge in [0.25, 0.3) is 0 Å². The normalized spacial score (nSPS) is 7.53. The molecule has 5 nitrogen and oxygen atoms in total. The van der Waals surface area contributed by atoms with E-state index >= 15 is 0 Å². The maximum absolute atomic E-state index is 3.78. The minimum absolute atomic E-state index is 0. The molecular formula is C11H13FeN5. The molecule has 0 fully saturated rings. The predicted molar refractivity (Wildman–Crippen MR) is 61.4 cm³/mol. The molecular weight excluding hydrogens is 258 g/mol. The summed E-state index contributed by atoms with van der Waals surface area (Å²) in [5.41, 5.74) is 0. The standard InChI is InChI=1S/C5H5N.2C3H4N2.Fe/c1-2-4-6-5-3-1;2*1-2-5-3-4-1;/h1-5H;2*1-3H,(H,4,5);. The molecule has 0 spiro atoms. The predicted octanol–water partition coefficient (Wildman–Crippen LogP) is 1.90. The van der Waals surface area contributed by atoms with Crippen LogP contribution in [0.1, 0.15) is 0 Å². The van der Waals surface area contributed by atoms with Crippen LogP contribution in [0.15, 0.2) is 68.0 Å². The molecule has 6 heteroatoms. The molecule has 3 heterocycles. The number of nitrogens with one attached hydrogen (secondary N) is 2. The van der Waals surface area contributed by atoms with Crippen LogP contribution in [0.5, 0.6) is 0 Å². The molecule has 0 bridgehead atoms. The van der Waals surface area contributed by atoms with E-state index < -0.39 is 0 Å². The van der Waals surface area contributed by atoms with Gasteiger partial charge in [0, 0.05) is 54.2 Å². The van der Waals surface area contributed by atoms with Gasteiger partial charge >= 0.3 is 0 Å². The van der Waals surface area contributed by atoms with Gasteiger partial charge in [-0.3, -0.25) is 4.98 Å². The number of rotatable bonds is 0. The van der Waals surface area contributed by atoms with Crippen LogP contribution < -0.4 is 0 Å². The molecule has 0 aliphatic rings. The van der Waals surface area contributed by atoms with Gasteiger partial charge in [-0.15, -0.1) is 0 Å². The number of pyridine rings is 1. The summed E-state index contributed by atoms with van der Waals surface area (Å²) in [7, 11) is 0. The first kappa shape index (κ1) is 15.1. The number of imidazole rings is 2. The second kappa shape index (κ2) is 12.2. The Morgan fingerprint density at radius 2 is 1.12 bits per heavy atom. The van der Waals surface area contributed by atoms with Gasteiger partial charge in [0.15, 0.2) is 0 Å². The van der Waals surface area contributed by atoms with Crippen molar-refractivity contribution < 1.29 is 17.1 Å². The maximum atomic E-state index is 3.78. The van der Waals surface area contributed by atoms with Crippen LogP contribution in [0.2, 0.25) is 0 Å². The molecule has 2 N–H and O–H groups in total. The van der Waals surface area contributed by atoms with Crippen molar-refractivity contribution in [3.05, 3.63) is 68.0 Å². The molecule has 0 unspecified atom stereocenters. The third-order valence-corrected chi connectivity index (χ3v) is 1.38. The van der Waals surface area contributed by atoms with E-state index in [0.29, 0.717) is 0 Å². The van der Waals surface area contributed by atoms with Gasteiger partial charge in [-0.25, -0.2) is 9.97 Å². The van der Waals surface area contributed by atoms with E-state index in [2.05, 4.69) is 24.9 Å². The molecule has 0 aromatic carbocycles. The summed E-state index contributed by atoms with van der Waals surface area (Å²) >= 11 is 0. The monoisotopic (exact) mass is 271 g/mol. The van der Waals surface area contributed by atoms with E-state index in [1.807, 2.05) is 18.2 Å². The summed E-state index contributed by atoms with van der Waals surface area (Å²) in [4.78, 5) is 16.6. The third kappa shape index (κ3) is 10.4. The van der Waals surface area contributed by atoms with Crippen molar-refractivity contribution >= 4 is 0 Å². The van der Waals surface area contributed by atoms with E-state index in [4.69, 9.17) is 0 Å². The topological polar surface area (TPSA) is 70.2 Å². The van der Waals surface area contributed by atoms with E-state index in [0.717, 1.165) is 0 Å². The first-order valence-electron chi connectivity index (χ1n) is 4.70. The minimum Gasteiger partial charge on any atom is -0.351 e. The van der Waals surface area contributed by atoms with Gasteiger partial charge in [0.2, 0.25) is 0 Å². The fourth-order valence-electron chi connectivity index (χ4n) is 0.743. The Kier molecular flexibility index (Phi) is 10.8. The number of aromatic amines is 2. The van der Waals surface area contributed by atoms with Crippen LogP contribution in [-0.4, -0.2) is 24.9 Å². The van der Waals surface area contributed by atoms with Gasteiger partial charge in [0.1, 0.15) is 0 Å². The van der Waals surface area contributed by atoms with E-state index in [9.17, 15) is 0 Å². The number of hydrogen-bond acceptors (Lipinski definition) is 3. The zero-order valence-electron chi connectivity index (χ0n) is 9.05. The fourth-order valence-corrected chi connectivity index (χ4v) is 0.743. The van der Waals surface area contributed by atoms with Crippen molar-refractivity contribution in [1.29, 1.82) is 0 Å². The Morgan fingerprint density at radius 3 is 1.24 bits per heavy atom. The summed E-state index contributed by atoms with van der Waals surface area (Å²) in [6.45, 7) is 0. The van der Waals surface area contributed by atoms with Crippen molar-refractivity contribution in [2.24, 2.45) is 0 Å². The zero-order valence-corrected chi connectivity index (χ0v) is 10.2. The average Bonchev–Trinajstić information content (AvgIpc) is 3.10. The summed E-state index contributed by atoms with van der Waals surface area (Å²) in [5, 5.41) is 0. The Bertz CT molecular complexity index is 311. The van der Waals surface area contributed by atoms with Crippen LogP contribution >= 0.6 is 0 Å². The van der Waals surface area contributed by atoms with Gasteiger partial charge in [-0.05, 0) is 12.1 Å². The first-order chi connectivity index (χ1) is 8.00. The molecule has 0 aliphatic carbocycles. The Morgan fingerprint density at radius 1 is 0.588 bits per heavy atom. The molecule has 0 radical (unpaired) electrons. The molecule has 90 valence electrons. The van der Waals surface area contributed by atoms with E-state index in [-0.39, 0.29) is 17.1 Å². The Hall–Kier alpha value is -1.91. The second-order valence-electron chi connectivity index (χ2n) is 2.55. The van der Waals surface area contributed by atoms with Crippen LogP contribution in [0, 0.1) is 0 Å². The number of aromatic nitrogens is 5. The number of hydrogen-bond donors (Lipinski definition) is 2. The van der Waals surface area contributed by atoms with Crippen molar-refractivity contribution in [2.45, 2.75) is 0 Å². The average molecular weight is 271 g/mol. The molecule has 3 aromatic heterocycles. The number of H-pyrrole nitrogens is 2. The Balaban J connectivity index is 0.000000221. The van der Waals surface area contributed by atoms with E-state index in [1.165, 1.54) is 0 Å². The molecule has 0 atom stereocenters. The fraction of sp³-hybridized carbons (Fsp3) is 0. The SMILES string of the molecule is [Fe].c1c[nH]cn1.c1c[nH]cn1.c1ccncc1. The van der Waals surface area contributed by atoms with Crippen molar-refractivity contribution in [3.8, 4) is 0 Å². The molecule has 0 amide bonds. The first-order valence-corrected chi connectivity index (χ1v) is 4.70. The maximum Gasteiger partial charge on any atom is 0.0919 e. The van der Waals surface area contributed by atoms with Gasteiger partial charge < -0.3 is 9.97 Å². The van der Waals surface area contributed by atoms with Gasteiger partial charge in [-0.2, -0.15) is 0 Å². The zero-order chi connectivity index (χ0) is 11.3. The molecule has 0 saturated heterocycles. The van der Waals surface area contributed by atoms with Gasteiger partial charge in [0.05, 0.1) is 12.7 Å². The van der Waals surface area contributed by atoms with Crippen molar-refractivity contribution in [2.75, 3.05) is 0 Å². The summed E-state index contributed by atoms with van der Waals surface area (Å²) in [5.74, 6) is 0. The molecule has 3 aromatic rings. The van der Waals surface area contributed by atoms with Crippen LogP contribution in [0.3, 0.4) is 0 Å². The summed E-state index contributed by atoms with van der Waals surface area (Å²) < 4.78 is 0. The smallest absolute Gasteiger partial charge is 0.0919 e. The second-order valence-corrected chi connectivity index (χ2v) is 2.55. The van der Waals surface area contributed by atoms with Crippen molar-refractivity contribution in [1.82, 2.24) is 24.9 Å². The number of nitrogens with zero attached hydrogens (tertiary/aromatic N) is 3. The van der Waals surface area contributed by atoms with Crippen molar-refractivity contribution in [3.63, 3.8) is 0 Å². The van der Waals surface area contributed by atoms with Crippen LogP contribution in [0.4, 0.5) is 0 Å². The summed E-state index contributed by atoms with van der Waals surface area (Å²) in [6, 6.07) is 5.72. The minimum atomic E-state index is 0.